The van der Waals surface area contributed by atoms with Crippen molar-refractivity contribution in [3.8, 4) is 11.1 Å². The number of aromatic amines is 2. The second kappa shape index (κ2) is 6.61. The predicted octanol–water partition coefficient (Wildman–Crippen LogP) is 7.19. The maximum atomic E-state index is 4.77. The molecular formula is C28H18N6S. The van der Waals surface area contributed by atoms with E-state index in [-0.39, 0.29) is 0 Å². The van der Waals surface area contributed by atoms with Gasteiger partial charge in [0.1, 0.15) is 11.6 Å². The van der Waals surface area contributed by atoms with E-state index in [0.29, 0.717) is 0 Å². The number of nitrogens with one attached hydrogen (secondary N) is 2. The van der Waals surface area contributed by atoms with Crippen LogP contribution in [0.3, 0.4) is 0 Å². The molecule has 0 aliphatic carbocycles. The Morgan fingerprint density at radius 1 is 0.600 bits per heavy atom. The van der Waals surface area contributed by atoms with E-state index in [0.717, 1.165) is 55.3 Å². The van der Waals surface area contributed by atoms with E-state index in [1.54, 1.807) is 11.3 Å². The van der Waals surface area contributed by atoms with Crippen molar-refractivity contribution < 1.29 is 0 Å². The van der Waals surface area contributed by atoms with Crippen molar-refractivity contribution >= 4 is 75.8 Å². The molecule has 166 valence electrons. The van der Waals surface area contributed by atoms with Crippen LogP contribution in [0.4, 0.5) is 0 Å². The Balaban J connectivity index is 1.44. The molecule has 6 nitrogen and oxygen atoms in total. The molecule has 0 bridgehead atoms. The van der Waals surface area contributed by atoms with Gasteiger partial charge in [0.15, 0.2) is 0 Å². The number of thiophene rings is 1. The summed E-state index contributed by atoms with van der Waals surface area (Å²) >= 11 is 1.77. The molecule has 8 rings (SSSR count). The smallest absolute Gasteiger partial charge is 0.104 e. The second-order valence-corrected chi connectivity index (χ2v) is 10.0. The molecule has 7 heteroatoms. The summed E-state index contributed by atoms with van der Waals surface area (Å²) in [6.07, 6.45) is 3.66. The molecule has 0 saturated carbocycles. The van der Waals surface area contributed by atoms with Gasteiger partial charge >= 0.3 is 0 Å². The quantitative estimate of drug-likeness (QED) is 0.249. The third kappa shape index (κ3) is 2.53. The van der Waals surface area contributed by atoms with E-state index in [9.17, 15) is 0 Å². The van der Waals surface area contributed by atoms with Gasteiger partial charge in [0.2, 0.25) is 0 Å². The molecule has 0 unspecified atom stereocenters. The number of aromatic nitrogens is 6. The number of hydrogen-bond acceptors (Lipinski definition) is 5. The number of fused-ring (bicyclic) bond motifs is 12. The van der Waals surface area contributed by atoms with Gasteiger partial charge in [0.05, 0.1) is 34.5 Å². The van der Waals surface area contributed by atoms with Gasteiger partial charge in [0.25, 0.3) is 0 Å². The minimum absolute atomic E-state index is 0.893. The number of rotatable bonds is 1. The zero-order chi connectivity index (χ0) is 23.3. The zero-order valence-corrected chi connectivity index (χ0v) is 19.8. The Kier molecular flexibility index (Phi) is 3.59. The van der Waals surface area contributed by atoms with Gasteiger partial charge < -0.3 is 9.97 Å². The van der Waals surface area contributed by atoms with Crippen LogP contribution >= 0.6 is 11.3 Å². The van der Waals surface area contributed by atoms with Crippen LogP contribution in [0.2, 0.25) is 0 Å². The summed E-state index contributed by atoms with van der Waals surface area (Å²) in [4.78, 5) is 16.4. The summed E-state index contributed by atoms with van der Waals surface area (Å²) in [5.74, 6) is 1.83. The largest absolute Gasteiger partial charge is 0.342 e. The van der Waals surface area contributed by atoms with Crippen molar-refractivity contribution in [2.75, 3.05) is 0 Å². The summed E-state index contributed by atoms with van der Waals surface area (Å²) < 4.78 is 1.28. The van der Waals surface area contributed by atoms with Crippen molar-refractivity contribution in [2.45, 2.75) is 13.8 Å². The first-order valence-corrected chi connectivity index (χ1v) is 12.4. The Bertz CT molecular complexity index is 2150. The average molecular weight is 471 g/mol. The van der Waals surface area contributed by atoms with Crippen molar-refractivity contribution in [3.63, 3.8) is 0 Å². The van der Waals surface area contributed by atoms with Gasteiger partial charge in [-0.1, -0.05) is 24.3 Å². The van der Waals surface area contributed by atoms with E-state index in [4.69, 9.17) is 9.97 Å². The fourth-order valence-electron chi connectivity index (χ4n) is 5.49. The van der Waals surface area contributed by atoms with E-state index >= 15 is 0 Å². The van der Waals surface area contributed by atoms with Gasteiger partial charge in [-0.2, -0.15) is 10.2 Å². The van der Waals surface area contributed by atoms with E-state index in [1.807, 2.05) is 26.2 Å². The highest BCUT2D eigenvalue weighted by atomic mass is 32.1. The maximum Gasteiger partial charge on any atom is 0.104 e. The third-order valence-corrected chi connectivity index (χ3v) is 7.94. The minimum atomic E-state index is 0.893. The van der Waals surface area contributed by atoms with Gasteiger partial charge in [-0.25, -0.2) is 9.97 Å². The van der Waals surface area contributed by atoms with Crippen LogP contribution in [-0.4, -0.2) is 30.1 Å². The summed E-state index contributed by atoms with van der Waals surface area (Å²) in [7, 11) is 0. The lowest BCUT2D eigenvalue weighted by Gasteiger charge is -2.10. The number of aryl methyl sites for hydroxylation is 2. The summed E-state index contributed by atoms with van der Waals surface area (Å²) in [5, 5.41) is 18.5. The molecule has 0 spiro atoms. The third-order valence-electron chi connectivity index (χ3n) is 7.00. The molecule has 35 heavy (non-hydrogen) atoms. The summed E-state index contributed by atoms with van der Waals surface area (Å²) in [5.41, 5.74) is 6.49. The molecular weight excluding hydrogens is 452 g/mol. The van der Waals surface area contributed by atoms with E-state index in [1.165, 1.54) is 32.0 Å². The Labute approximate surface area is 202 Å². The summed E-state index contributed by atoms with van der Waals surface area (Å²) in [6, 6.07) is 15.6. The highest BCUT2D eigenvalue weighted by Crippen LogP contribution is 2.40. The van der Waals surface area contributed by atoms with Gasteiger partial charge in [-0.3, -0.25) is 0 Å². The lowest BCUT2D eigenvalue weighted by molar-refractivity contribution is 1.05. The number of benzene rings is 4. The molecule has 0 radical (unpaired) electrons. The zero-order valence-electron chi connectivity index (χ0n) is 19.0. The van der Waals surface area contributed by atoms with E-state index < -0.39 is 0 Å². The van der Waals surface area contributed by atoms with E-state index in [2.05, 4.69) is 68.0 Å². The lowest BCUT2D eigenvalue weighted by atomic mass is 9.95. The van der Waals surface area contributed by atoms with Crippen LogP contribution in [0, 0.1) is 13.8 Å². The second-order valence-electron chi connectivity index (χ2n) is 9.09. The normalized spacial score (nSPS) is 12.3. The molecule has 4 aromatic heterocycles. The first kappa shape index (κ1) is 19.0. The Morgan fingerprint density at radius 3 is 1.91 bits per heavy atom. The molecule has 0 amide bonds. The standard InChI is InChI=1S/C28H18N6S/c1-13-32-25-18-6-4-16(10-21(18)28-19(7-8-35-28)26(25)33-13)15-3-5-17-20(9-15)22-11-29-30-12-23(22)27-24(17)31-14(2)34-27/h3-12H,1-2H3,(H,31,34)(H,32,33). The van der Waals surface area contributed by atoms with Gasteiger partial charge in [0, 0.05) is 37.0 Å². The number of imidazole rings is 2. The van der Waals surface area contributed by atoms with Crippen molar-refractivity contribution in [3.05, 3.63) is 71.9 Å². The van der Waals surface area contributed by atoms with Crippen LogP contribution in [0.1, 0.15) is 11.6 Å². The van der Waals surface area contributed by atoms with Crippen LogP contribution in [0.25, 0.3) is 75.6 Å². The van der Waals surface area contributed by atoms with Crippen LogP contribution in [0.15, 0.2) is 60.2 Å². The van der Waals surface area contributed by atoms with Crippen molar-refractivity contribution in [1.29, 1.82) is 0 Å². The molecule has 0 atom stereocenters. The first-order chi connectivity index (χ1) is 17.2. The highest BCUT2D eigenvalue weighted by molar-refractivity contribution is 7.18. The Morgan fingerprint density at radius 2 is 1.20 bits per heavy atom. The molecule has 8 aromatic rings. The SMILES string of the molecule is Cc1nc2c3cnncc3c3cc(-c4ccc5c(c4)c4sccc4c4nc(C)[nH]c54)ccc3c2[nH]1. The van der Waals surface area contributed by atoms with Crippen molar-refractivity contribution in [1.82, 2.24) is 30.1 Å². The average Bonchev–Trinajstić information content (AvgIpc) is 3.61. The fourth-order valence-corrected chi connectivity index (χ4v) is 6.41. The highest BCUT2D eigenvalue weighted by Gasteiger charge is 2.16. The van der Waals surface area contributed by atoms with Crippen LogP contribution in [-0.2, 0) is 0 Å². The van der Waals surface area contributed by atoms with Crippen LogP contribution in [0.5, 0.6) is 0 Å². The number of hydrogen-bond donors (Lipinski definition) is 2. The molecule has 0 saturated heterocycles. The monoisotopic (exact) mass is 470 g/mol. The van der Waals surface area contributed by atoms with Gasteiger partial charge in [-0.05, 0) is 53.9 Å². The molecule has 0 fully saturated rings. The van der Waals surface area contributed by atoms with Gasteiger partial charge in [-0.15, -0.1) is 11.3 Å². The first-order valence-electron chi connectivity index (χ1n) is 11.5. The summed E-state index contributed by atoms with van der Waals surface area (Å²) in [6.45, 7) is 4.00. The maximum absolute atomic E-state index is 4.77. The van der Waals surface area contributed by atoms with Crippen molar-refractivity contribution in [2.24, 2.45) is 0 Å². The predicted molar refractivity (Wildman–Crippen MR) is 144 cm³/mol. The lowest BCUT2D eigenvalue weighted by Crippen LogP contribution is -1.87. The van der Waals surface area contributed by atoms with Crippen LogP contribution < -0.4 is 0 Å². The topological polar surface area (TPSA) is 83.1 Å². The minimum Gasteiger partial charge on any atom is -0.342 e. The molecule has 0 aliphatic heterocycles. The molecule has 0 aliphatic rings. The molecule has 4 heterocycles. The number of nitrogens with zero attached hydrogens (tertiary/aromatic N) is 4. The Hall–Kier alpha value is -4.36. The fraction of sp³-hybridized carbons (Fsp3) is 0.0714. The number of H-pyrrole nitrogens is 2. The molecule has 4 aromatic carbocycles. The molecule has 2 N–H and O–H groups in total.